The minimum Gasteiger partial charge on any atom is -0.323 e. The third-order valence-electron chi connectivity index (χ3n) is 3.05. The number of thiophene rings is 1. The molecular weight excluding hydrogens is 280 g/mol. The molecule has 0 saturated carbocycles. The van der Waals surface area contributed by atoms with Crippen molar-refractivity contribution in [2.45, 2.75) is 13.5 Å². The summed E-state index contributed by atoms with van der Waals surface area (Å²) in [6.45, 7) is 2.37. The van der Waals surface area contributed by atoms with Gasteiger partial charge in [0, 0.05) is 18.8 Å². The Morgan fingerprint density at radius 1 is 1.53 bits per heavy atom. The molecule has 0 atom stereocenters. The Morgan fingerprint density at radius 3 is 3.00 bits per heavy atom. The smallest absolute Gasteiger partial charge is 0.263 e. The highest BCUT2D eigenvalue weighted by molar-refractivity contribution is 7.71. The van der Waals surface area contributed by atoms with E-state index in [9.17, 15) is 4.79 Å². The summed E-state index contributed by atoms with van der Waals surface area (Å²) in [6, 6.07) is 1.82. The molecule has 3 aromatic rings. The lowest BCUT2D eigenvalue weighted by molar-refractivity contribution is 0.730. The van der Waals surface area contributed by atoms with Gasteiger partial charge in [0.1, 0.15) is 4.83 Å². The molecule has 0 aromatic carbocycles. The molecule has 0 aliphatic carbocycles. The highest BCUT2D eigenvalue weighted by Gasteiger charge is 2.10. The van der Waals surface area contributed by atoms with Crippen LogP contribution in [0.4, 0.5) is 0 Å². The molecule has 3 rings (SSSR count). The molecule has 98 valence electrons. The van der Waals surface area contributed by atoms with Crippen molar-refractivity contribution in [3.63, 3.8) is 0 Å². The van der Waals surface area contributed by atoms with Crippen molar-refractivity contribution in [1.29, 1.82) is 0 Å². The zero-order valence-corrected chi connectivity index (χ0v) is 12.1. The van der Waals surface area contributed by atoms with Crippen molar-refractivity contribution in [3.8, 4) is 0 Å². The summed E-state index contributed by atoms with van der Waals surface area (Å²) in [4.78, 5) is 16.3. The van der Waals surface area contributed by atoms with Crippen LogP contribution in [-0.4, -0.2) is 19.3 Å². The van der Waals surface area contributed by atoms with Gasteiger partial charge in [0.25, 0.3) is 5.56 Å². The average molecular weight is 292 g/mol. The summed E-state index contributed by atoms with van der Waals surface area (Å²) in [7, 11) is 1.86. The Morgan fingerprint density at radius 2 is 2.32 bits per heavy atom. The van der Waals surface area contributed by atoms with Crippen LogP contribution in [0.15, 0.2) is 22.4 Å². The largest absolute Gasteiger partial charge is 0.323 e. The highest BCUT2D eigenvalue weighted by atomic mass is 32.1. The van der Waals surface area contributed by atoms with Gasteiger partial charge in [-0.15, -0.1) is 11.3 Å². The third-order valence-corrected chi connectivity index (χ3v) is 4.20. The predicted molar refractivity (Wildman–Crippen MR) is 78.3 cm³/mol. The number of aromatic nitrogens is 4. The molecule has 0 saturated heterocycles. The first-order valence-electron chi connectivity index (χ1n) is 5.75. The molecule has 19 heavy (non-hydrogen) atoms. The Balaban J connectivity index is 2.18. The quantitative estimate of drug-likeness (QED) is 0.737. The van der Waals surface area contributed by atoms with Crippen LogP contribution >= 0.6 is 23.6 Å². The lowest BCUT2D eigenvalue weighted by atomic mass is 10.2. The van der Waals surface area contributed by atoms with Gasteiger partial charge in [0.05, 0.1) is 17.6 Å². The number of aryl methyl sites for hydroxylation is 2. The van der Waals surface area contributed by atoms with Gasteiger partial charge in [-0.3, -0.25) is 14.0 Å². The van der Waals surface area contributed by atoms with E-state index in [-0.39, 0.29) is 5.56 Å². The fourth-order valence-electron chi connectivity index (χ4n) is 2.09. The molecule has 0 aliphatic heterocycles. The maximum atomic E-state index is 12.4. The molecule has 0 spiro atoms. The fraction of sp³-hybridized carbons (Fsp3) is 0.250. The van der Waals surface area contributed by atoms with Crippen molar-refractivity contribution < 1.29 is 0 Å². The van der Waals surface area contributed by atoms with Crippen molar-refractivity contribution >= 4 is 33.8 Å². The van der Waals surface area contributed by atoms with E-state index in [0.29, 0.717) is 16.7 Å². The minimum absolute atomic E-state index is 0.0525. The Bertz CT molecular complexity index is 868. The van der Waals surface area contributed by atoms with Crippen molar-refractivity contribution in [2.75, 3.05) is 0 Å². The molecule has 7 heteroatoms. The van der Waals surface area contributed by atoms with Gasteiger partial charge in [0.15, 0.2) is 4.77 Å². The minimum atomic E-state index is -0.0525. The predicted octanol–water partition coefficient (Wildman–Crippen LogP) is 2.21. The van der Waals surface area contributed by atoms with Crippen LogP contribution < -0.4 is 5.56 Å². The number of nitrogens with one attached hydrogen (secondary N) is 1. The second-order valence-corrected chi connectivity index (χ2v) is 5.70. The van der Waals surface area contributed by atoms with E-state index in [1.165, 1.54) is 11.3 Å². The van der Waals surface area contributed by atoms with E-state index in [0.717, 1.165) is 16.1 Å². The number of aromatic amines is 1. The molecule has 0 radical (unpaired) electrons. The standard InChI is InChI=1S/C12H12N4OS2/c1-7-8(5-15(2)14-7)6-16-11(17)9-3-4-19-10(9)13-12(16)18/h3-5H,6H2,1-2H3,(H,13,18). The zero-order chi connectivity index (χ0) is 13.6. The third kappa shape index (κ3) is 2.04. The lowest BCUT2D eigenvalue weighted by Crippen LogP contribution is -2.22. The van der Waals surface area contributed by atoms with Crippen LogP contribution in [0.3, 0.4) is 0 Å². The second kappa shape index (κ2) is 4.43. The molecule has 0 amide bonds. The van der Waals surface area contributed by atoms with Crippen LogP contribution in [0.2, 0.25) is 0 Å². The number of H-pyrrole nitrogens is 1. The highest BCUT2D eigenvalue weighted by Crippen LogP contribution is 2.15. The van der Waals surface area contributed by atoms with Crippen molar-refractivity contribution in [1.82, 2.24) is 19.3 Å². The molecule has 3 heterocycles. The molecular formula is C12H12N4OS2. The van der Waals surface area contributed by atoms with Crippen LogP contribution in [0.1, 0.15) is 11.3 Å². The second-order valence-electron chi connectivity index (χ2n) is 4.40. The maximum Gasteiger partial charge on any atom is 0.263 e. The number of nitrogens with zero attached hydrogens (tertiary/aromatic N) is 3. The van der Waals surface area contributed by atoms with E-state index in [4.69, 9.17) is 12.2 Å². The molecule has 1 N–H and O–H groups in total. The summed E-state index contributed by atoms with van der Waals surface area (Å²) >= 11 is 6.75. The van der Waals surface area contributed by atoms with Crippen molar-refractivity contribution in [3.05, 3.63) is 44.0 Å². The van der Waals surface area contributed by atoms with E-state index in [1.54, 1.807) is 9.25 Å². The Kier molecular flexibility index (Phi) is 2.87. The molecule has 5 nitrogen and oxygen atoms in total. The Labute approximate surface area is 118 Å². The number of hydrogen-bond acceptors (Lipinski definition) is 4. The maximum absolute atomic E-state index is 12.4. The van der Waals surface area contributed by atoms with Gasteiger partial charge in [-0.25, -0.2) is 0 Å². The van der Waals surface area contributed by atoms with Gasteiger partial charge in [-0.2, -0.15) is 5.10 Å². The topological polar surface area (TPSA) is 55.6 Å². The van der Waals surface area contributed by atoms with Gasteiger partial charge in [-0.1, -0.05) is 0 Å². The van der Waals surface area contributed by atoms with Crippen LogP contribution in [0.25, 0.3) is 10.2 Å². The SMILES string of the molecule is Cc1nn(C)cc1Cn1c(=S)[nH]c2sccc2c1=O. The number of hydrogen-bond donors (Lipinski definition) is 1. The monoisotopic (exact) mass is 292 g/mol. The van der Waals surface area contributed by atoms with Crippen LogP contribution in [-0.2, 0) is 13.6 Å². The molecule has 0 aliphatic rings. The van der Waals surface area contributed by atoms with Gasteiger partial charge < -0.3 is 4.98 Å². The van der Waals surface area contributed by atoms with E-state index in [2.05, 4.69) is 10.1 Å². The van der Waals surface area contributed by atoms with E-state index >= 15 is 0 Å². The van der Waals surface area contributed by atoms with Gasteiger partial charge in [0.2, 0.25) is 0 Å². The van der Waals surface area contributed by atoms with Gasteiger partial charge in [-0.05, 0) is 30.6 Å². The van der Waals surface area contributed by atoms with Crippen LogP contribution in [0, 0.1) is 11.7 Å². The molecule has 3 aromatic heterocycles. The van der Waals surface area contributed by atoms with E-state index in [1.807, 2.05) is 31.6 Å². The molecule has 0 fully saturated rings. The summed E-state index contributed by atoms with van der Waals surface area (Å²) < 4.78 is 3.77. The summed E-state index contributed by atoms with van der Waals surface area (Å²) in [5.74, 6) is 0. The normalized spacial score (nSPS) is 11.3. The Hall–Kier alpha value is -1.73. The average Bonchev–Trinajstić information content (AvgIpc) is 2.91. The first kappa shape index (κ1) is 12.3. The number of rotatable bonds is 2. The fourth-order valence-corrected chi connectivity index (χ4v) is 3.19. The summed E-state index contributed by atoms with van der Waals surface area (Å²) in [6.07, 6.45) is 1.91. The zero-order valence-electron chi connectivity index (χ0n) is 10.5. The van der Waals surface area contributed by atoms with E-state index < -0.39 is 0 Å². The number of fused-ring (bicyclic) bond motifs is 1. The lowest BCUT2D eigenvalue weighted by Gasteiger charge is -2.05. The molecule has 0 bridgehead atoms. The molecule has 0 unspecified atom stereocenters. The first-order chi connectivity index (χ1) is 9.06. The van der Waals surface area contributed by atoms with Gasteiger partial charge >= 0.3 is 0 Å². The van der Waals surface area contributed by atoms with Crippen molar-refractivity contribution in [2.24, 2.45) is 7.05 Å². The summed E-state index contributed by atoms with van der Waals surface area (Å²) in [5, 5.41) is 6.84. The summed E-state index contributed by atoms with van der Waals surface area (Å²) in [5.41, 5.74) is 1.86. The van der Waals surface area contributed by atoms with Crippen LogP contribution in [0.5, 0.6) is 0 Å². The first-order valence-corrected chi connectivity index (χ1v) is 7.04.